The van der Waals surface area contributed by atoms with Gasteiger partial charge in [-0.2, -0.15) is 0 Å². The Bertz CT molecular complexity index is 485. The third-order valence-electron chi connectivity index (χ3n) is 5.74. The molecule has 2 atom stereocenters. The maximum absolute atomic E-state index is 5.72. The number of benzene rings is 1. The van der Waals surface area contributed by atoms with Crippen LogP contribution in [0.5, 0.6) is 11.5 Å². The zero-order valence-electron chi connectivity index (χ0n) is 12.4. The topological polar surface area (TPSA) is 18.5 Å². The van der Waals surface area contributed by atoms with Gasteiger partial charge in [-0.3, -0.25) is 0 Å². The molecule has 0 spiro atoms. The number of ether oxygens (including phenoxy) is 2. The Kier molecular flexibility index (Phi) is 2.77. The summed E-state index contributed by atoms with van der Waals surface area (Å²) >= 11 is 0. The summed E-state index contributed by atoms with van der Waals surface area (Å²) in [5, 5.41) is 0. The number of rotatable bonds is 3. The standard InChI is InChI=1S/C18H23O2/c1-19-16-5-3-4-15(17(16)20-2)18-9-12-6-13(10-18)8-14(7-12)11-18/h3-5,12-13H,6-11H2,1-2H3. The number of para-hydroxylation sites is 1. The molecule has 4 aliphatic rings. The molecule has 1 radical (unpaired) electrons. The predicted molar refractivity (Wildman–Crippen MR) is 79.1 cm³/mol. The van der Waals surface area contributed by atoms with Crippen molar-refractivity contribution in [2.24, 2.45) is 11.8 Å². The second-order valence-electron chi connectivity index (χ2n) is 7.03. The summed E-state index contributed by atoms with van der Waals surface area (Å²) in [6.45, 7) is 0. The van der Waals surface area contributed by atoms with E-state index in [9.17, 15) is 0 Å². The second kappa shape index (κ2) is 4.41. The molecule has 107 valence electrons. The van der Waals surface area contributed by atoms with Crippen LogP contribution in [0.4, 0.5) is 0 Å². The smallest absolute Gasteiger partial charge is 0.164 e. The lowest BCUT2D eigenvalue weighted by Crippen LogP contribution is -2.47. The predicted octanol–water partition coefficient (Wildman–Crippen LogP) is 4.13. The first-order valence-electron chi connectivity index (χ1n) is 7.79. The Morgan fingerprint density at radius 1 is 1.05 bits per heavy atom. The minimum absolute atomic E-state index is 0.333. The van der Waals surface area contributed by atoms with Gasteiger partial charge >= 0.3 is 0 Å². The van der Waals surface area contributed by atoms with Crippen LogP contribution in [0, 0.1) is 17.8 Å². The van der Waals surface area contributed by atoms with Gasteiger partial charge in [-0.05, 0) is 62.3 Å². The molecule has 0 N–H and O–H groups in total. The fraction of sp³-hybridized carbons (Fsp3) is 0.611. The average Bonchev–Trinajstić information content (AvgIpc) is 2.44. The summed E-state index contributed by atoms with van der Waals surface area (Å²) in [7, 11) is 3.51. The van der Waals surface area contributed by atoms with Crippen molar-refractivity contribution in [2.75, 3.05) is 14.2 Å². The van der Waals surface area contributed by atoms with Crippen LogP contribution in [-0.4, -0.2) is 14.2 Å². The molecule has 1 aromatic carbocycles. The van der Waals surface area contributed by atoms with Crippen LogP contribution in [-0.2, 0) is 5.41 Å². The minimum Gasteiger partial charge on any atom is -0.493 e. The zero-order valence-corrected chi connectivity index (χ0v) is 12.4. The second-order valence-corrected chi connectivity index (χ2v) is 7.03. The van der Waals surface area contributed by atoms with Gasteiger partial charge in [0.05, 0.1) is 14.2 Å². The van der Waals surface area contributed by atoms with Gasteiger partial charge in [0.2, 0.25) is 0 Å². The van der Waals surface area contributed by atoms with E-state index in [0.717, 1.165) is 23.3 Å². The monoisotopic (exact) mass is 271 g/mol. The summed E-state index contributed by atoms with van der Waals surface area (Å²) in [6, 6.07) is 6.41. The van der Waals surface area contributed by atoms with Crippen molar-refractivity contribution >= 4 is 0 Å². The van der Waals surface area contributed by atoms with E-state index in [2.05, 4.69) is 12.1 Å². The van der Waals surface area contributed by atoms with Crippen molar-refractivity contribution in [1.29, 1.82) is 0 Å². The fourth-order valence-electron chi connectivity index (χ4n) is 5.42. The highest BCUT2D eigenvalue weighted by atomic mass is 16.5. The normalized spacial score (nSPS) is 35.3. The molecule has 1 aromatic rings. The highest BCUT2D eigenvalue weighted by molar-refractivity contribution is 5.51. The Morgan fingerprint density at radius 3 is 2.40 bits per heavy atom. The lowest BCUT2D eigenvalue weighted by molar-refractivity contribution is 0.0602. The minimum atomic E-state index is 0.333. The molecule has 0 aromatic heterocycles. The van der Waals surface area contributed by atoms with E-state index in [-0.39, 0.29) is 0 Å². The van der Waals surface area contributed by atoms with Gasteiger partial charge in [-0.25, -0.2) is 0 Å². The molecular weight excluding hydrogens is 248 g/mol. The van der Waals surface area contributed by atoms with Crippen molar-refractivity contribution < 1.29 is 9.47 Å². The fourth-order valence-corrected chi connectivity index (χ4v) is 5.42. The van der Waals surface area contributed by atoms with E-state index < -0.39 is 0 Å². The van der Waals surface area contributed by atoms with Crippen molar-refractivity contribution in [1.82, 2.24) is 0 Å². The molecular formula is C18H23O2. The molecule has 0 heterocycles. The van der Waals surface area contributed by atoms with Crippen molar-refractivity contribution in [3.63, 3.8) is 0 Å². The van der Waals surface area contributed by atoms with Crippen LogP contribution in [0.3, 0.4) is 0 Å². The van der Waals surface area contributed by atoms with Gasteiger partial charge in [-0.15, -0.1) is 0 Å². The summed E-state index contributed by atoms with van der Waals surface area (Å²) < 4.78 is 11.2. The highest BCUT2D eigenvalue weighted by Crippen LogP contribution is 2.63. The lowest BCUT2D eigenvalue weighted by atomic mass is 9.48. The first-order chi connectivity index (χ1) is 9.74. The molecule has 20 heavy (non-hydrogen) atoms. The third-order valence-corrected chi connectivity index (χ3v) is 5.74. The SMILES string of the molecule is COc1cccc(C23C[C]4CC(CC(C4)C2)C3)c1OC. The summed E-state index contributed by atoms with van der Waals surface area (Å²) in [5.41, 5.74) is 1.73. The quantitative estimate of drug-likeness (QED) is 0.823. The molecule has 4 bridgehead atoms. The maximum atomic E-state index is 5.72. The van der Waals surface area contributed by atoms with E-state index >= 15 is 0 Å². The maximum Gasteiger partial charge on any atom is 0.164 e. The molecule has 5 rings (SSSR count). The van der Waals surface area contributed by atoms with Crippen molar-refractivity contribution in [3.05, 3.63) is 29.7 Å². The Balaban J connectivity index is 1.81. The Hall–Kier alpha value is -1.18. The van der Waals surface area contributed by atoms with Crippen LogP contribution in [0.15, 0.2) is 18.2 Å². The Morgan fingerprint density at radius 2 is 1.80 bits per heavy atom. The van der Waals surface area contributed by atoms with E-state index in [1.54, 1.807) is 14.2 Å². The largest absolute Gasteiger partial charge is 0.493 e. The van der Waals surface area contributed by atoms with E-state index in [4.69, 9.17) is 9.47 Å². The summed E-state index contributed by atoms with van der Waals surface area (Å²) in [4.78, 5) is 0. The van der Waals surface area contributed by atoms with Gasteiger partial charge in [-0.1, -0.05) is 12.1 Å². The van der Waals surface area contributed by atoms with E-state index in [1.165, 1.54) is 44.1 Å². The van der Waals surface area contributed by atoms with Gasteiger partial charge in [0, 0.05) is 11.0 Å². The molecule has 0 amide bonds. The highest BCUT2D eigenvalue weighted by Gasteiger charge is 2.52. The molecule has 0 aliphatic heterocycles. The Labute approximate surface area is 121 Å². The van der Waals surface area contributed by atoms with E-state index in [1.807, 2.05) is 12.0 Å². The van der Waals surface area contributed by atoms with Crippen molar-refractivity contribution in [2.45, 2.75) is 43.9 Å². The molecule has 0 saturated heterocycles. The first kappa shape index (κ1) is 12.6. The number of hydrogen-bond donors (Lipinski definition) is 0. The zero-order chi connectivity index (χ0) is 13.7. The van der Waals surface area contributed by atoms with E-state index in [0.29, 0.717) is 5.41 Å². The molecule has 4 aliphatic carbocycles. The molecule has 2 nitrogen and oxygen atoms in total. The van der Waals surface area contributed by atoms with Crippen LogP contribution < -0.4 is 9.47 Å². The van der Waals surface area contributed by atoms with Crippen molar-refractivity contribution in [3.8, 4) is 11.5 Å². The first-order valence-corrected chi connectivity index (χ1v) is 7.79. The summed E-state index contributed by atoms with van der Waals surface area (Å²) in [5.74, 6) is 5.50. The third kappa shape index (κ3) is 1.70. The van der Waals surface area contributed by atoms with Gasteiger partial charge in [0.1, 0.15) is 0 Å². The van der Waals surface area contributed by atoms with Gasteiger partial charge in [0.15, 0.2) is 11.5 Å². The van der Waals surface area contributed by atoms with Crippen LogP contribution >= 0.6 is 0 Å². The molecule has 2 unspecified atom stereocenters. The van der Waals surface area contributed by atoms with Crippen LogP contribution in [0.1, 0.15) is 44.1 Å². The molecule has 2 heteroatoms. The molecule has 4 fully saturated rings. The van der Waals surface area contributed by atoms with Crippen LogP contribution in [0.25, 0.3) is 0 Å². The molecule has 4 saturated carbocycles. The number of methoxy groups -OCH3 is 2. The van der Waals surface area contributed by atoms with Gasteiger partial charge in [0.25, 0.3) is 0 Å². The van der Waals surface area contributed by atoms with Crippen LogP contribution in [0.2, 0.25) is 0 Å². The summed E-state index contributed by atoms with van der Waals surface area (Å²) in [6.07, 6.45) is 8.21. The van der Waals surface area contributed by atoms with Gasteiger partial charge < -0.3 is 9.47 Å². The number of hydrogen-bond acceptors (Lipinski definition) is 2. The lowest BCUT2D eigenvalue weighted by Gasteiger charge is -2.57. The average molecular weight is 271 g/mol.